The van der Waals surface area contributed by atoms with Gasteiger partial charge in [-0.15, -0.1) is 0 Å². The first-order chi connectivity index (χ1) is 11.5. The Kier molecular flexibility index (Phi) is 4.68. The third kappa shape index (κ3) is 3.07. The Balaban J connectivity index is 1.73. The summed E-state index contributed by atoms with van der Waals surface area (Å²) >= 11 is 0. The van der Waals surface area contributed by atoms with Crippen molar-refractivity contribution in [3.05, 3.63) is 35.0 Å². The molecule has 2 aromatic rings. The Morgan fingerprint density at radius 2 is 2.21 bits per heavy atom. The standard InChI is InChI=1S/C16H23N5O3/c1-10-14(11(2)24-19-10)16(22)17-9-13-15(20(3)7-8-23-13)12-5-6-18-21(12)4/h5-6,13,15H,7-9H2,1-4H3,(H,17,22)/t13-,15-/m0/s1. The molecule has 1 fully saturated rings. The van der Waals surface area contributed by atoms with Gasteiger partial charge in [0, 0.05) is 26.3 Å². The maximum atomic E-state index is 12.4. The van der Waals surface area contributed by atoms with Crippen molar-refractivity contribution in [2.45, 2.75) is 26.0 Å². The molecule has 1 aliphatic heterocycles. The Morgan fingerprint density at radius 1 is 1.42 bits per heavy atom. The number of aromatic nitrogens is 3. The van der Waals surface area contributed by atoms with E-state index in [0.29, 0.717) is 30.2 Å². The van der Waals surface area contributed by atoms with E-state index >= 15 is 0 Å². The molecule has 130 valence electrons. The van der Waals surface area contributed by atoms with Crippen LogP contribution in [0.4, 0.5) is 0 Å². The summed E-state index contributed by atoms with van der Waals surface area (Å²) < 4.78 is 12.8. The second-order valence-corrected chi connectivity index (χ2v) is 6.12. The maximum Gasteiger partial charge on any atom is 0.256 e. The minimum Gasteiger partial charge on any atom is -0.373 e. The first-order valence-electron chi connectivity index (χ1n) is 8.00. The van der Waals surface area contributed by atoms with E-state index in [1.54, 1.807) is 20.0 Å². The molecule has 1 saturated heterocycles. The molecule has 3 heterocycles. The molecule has 0 bridgehead atoms. The molecule has 24 heavy (non-hydrogen) atoms. The highest BCUT2D eigenvalue weighted by atomic mass is 16.5. The number of morpholine rings is 1. The van der Waals surface area contributed by atoms with Gasteiger partial charge in [0.2, 0.25) is 0 Å². The minimum absolute atomic E-state index is 0.0382. The first-order valence-corrected chi connectivity index (χ1v) is 8.00. The molecule has 8 nitrogen and oxygen atoms in total. The van der Waals surface area contributed by atoms with E-state index in [4.69, 9.17) is 9.26 Å². The van der Waals surface area contributed by atoms with Crippen molar-refractivity contribution in [2.75, 3.05) is 26.7 Å². The van der Waals surface area contributed by atoms with Crippen LogP contribution in [0, 0.1) is 13.8 Å². The number of carbonyl (C=O) groups excluding carboxylic acids is 1. The molecule has 2 aromatic heterocycles. The molecule has 1 amide bonds. The number of nitrogens with zero attached hydrogens (tertiary/aromatic N) is 4. The number of aryl methyl sites for hydroxylation is 3. The third-order valence-corrected chi connectivity index (χ3v) is 4.49. The number of rotatable bonds is 4. The molecule has 0 saturated carbocycles. The highest BCUT2D eigenvalue weighted by molar-refractivity contribution is 5.96. The molecule has 0 spiro atoms. The average molecular weight is 333 g/mol. The molecule has 0 aromatic carbocycles. The zero-order valence-corrected chi connectivity index (χ0v) is 14.4. The van der Waals surface area contributed by atoms with Crippen LogP contribution in [0.5, 0.6) is 0 Å². The van der Waals surface area contributed by atoms with Crippen LogP contribution in [0.3, 0.4) is 0 Å². The van der Waals surface area contributed by atoms with E-state index in [-0.39, 0.29) is 18.1 Å². The van der Waals surface area contributed by atoms with Crippen LogP contribution < -0.4 is 5.32 Å². The number of likely N-dealkylation sites (N-methyl/N-ethyl adjacent to an activating group) is 1. The van der Waals surface area contributed by atoms with Gasteiger partial charge < -0.3 is 14.6 Å². The second kappa shape index (κ2) is 6.74. The van der Waals surface area contributed by atoms with Crippen LogP contribution in [-0.4, -0.2) is 58.6 Å². The molecule has 0 unspecified atom stereocenters. The molecule has 1 aliphatic rings. The van der Waals surface area contributed by atoms with Crippen LogP contribution in [0.1, 0.15) is 33.5 Å². The van der Waals surface area contributed by atoms with Gasteiger partial charge in [0.25, 0.3) is 5.91 Å². The number of amides is 1. The highest BCUT2D eigenvalue weighted by Crippen LogP contribution is 2.27. The fourth-order valence-corrected chi connectivity index (χ4v) is 3.21. The summed E-state index contributed by atoms with van der Waals surface area (Å²) in [5.41, 5.74) is 2.15. The van der Waals surface area contributed by atoms with Crippen LogP contribution in [0.25, 0.3) is 0 Å². The number of nitrogens with one attached hydrogen (secondary N) is 1. The molecular formula is C16H23N5O3. The average Bonchev–Trinajstić information content (AvgIpc) is 3.11. The number of ether oxygens (including phenoxy) is 1. The molecule has 0 radical (unpaired) electrons. The smallest absolute Gasteiger partial charge is 0.256 e. The summed E-state index contributed by atoms with van der Waals surface area (Å²) in [7, 11) is 3.97. The Labute approximate surface area is 140 Å². The number of carbonyl (C=O) groups is 1. The first kappa shape index (κ1) is 16.7. The van der Waals surface area contributed by atoms with Gasteiger partial charge in [-0.1, -0.05) is 5.16 Å². The zero-order chi connectivity index (χ0) is 17.3. The van der Waals surface area contributed by atoms with Crippen LogP contribution >= 0.6 is 0 Å². The van der Waals surface area contributed by atoms with E-state index in [1.165, 1.54) is 0 Å². The summed E-state index contributed by atoms with van der Waals surface area (Å²) in [6, 6.07) is 2.02. The lowest BCUT2D eigenvalue weighted by Gasteiger charge is -2.39. The van der Waals surface area contributed by atoms with Crippen LogP contribution in [0.15, 0.2) is 16.8 Å². The Hall–Kier alpha value is -2.19. The van der Waals surface area contributed by atoms with E-state index in [9.17, 15) is 4.79 Å². The summed E-state index contributed by atoms with van der Waals surface area (Å²) in [6.45, 7) is 5.37. The van der Waals surface area contributed by atoms with E-state index in [0.717, 1.165) is 12.2 Å². The van der Waals surface area contributed by atoms with Crippen molar-refractivity contribution in [2.24, 2.45) is 7.05 Å². The third-order valence-electron chi connectivity index (χ3n) is 4.49. The topological polar surface area (TPSA) is 85.4 Å². The summed E-state index contributed by atoms with van der Waals surface area (Å²) in [4.78, 5) is 14.7. The number of hydrogen-bond donors (Lipinski definition) is 1. The van der Waals surface area contributed by atoms with Gasteiger partial charge in [0.15, 0.2) is 0 Å². The summed E-state index contributed by atoms with van der Waals surface area (Å²) in [6.07, 6.45) is 1.63. The largest absolute Gasteiger partial charge is 0.373 e. The summed E-state index contributed by atoms with van der Waals surface area (Å²) in [5, 5.41) is 11.0. The summed E-state index contributed by atoms with van der Waals surface area (Å²) in [5.74, 6) is 0.335. The number of hydrogen-bond acceptors (Lipinski definition) is 6. The van der Waals surface area contributed by atoms with Gasteiger partial charge in [-0.25, -0.2) is 0 Å². The van der Waals surface area contributed by atoms with Gasteiger partial charge in [-0.2, -0.15) is 5.10 Å². The van der Waals surface area contributed by atoms with E-state index < -0.39 is 0 Å². The minimum atomic E-state index is -0.188. The zero-order valence-electron chi connectivity index (χ0n) is 14.4. The lowest BCUT2D eigenvalue weighted by atomic mass is 10.0. The lowest BCUT2D eigenvalue weighted by molar-refractivity contribution is -0.0629. The Bertz CT molecular complexity index is 704. The van der Waals surface area contributed by atoms with Crippen molar-refractivity contribution in [3.63, 3.8) is 0 Å². The second-order valence-electron chi connectivity index (χ2n) is 6.12. The van der Waals surface area contributed by atoms with Gasteiger partial charge in [-0.05, 0) is 27.0 Å². The monoisotopic (exact) mass is 333 g/mol. The fraction of sp³-hybridized carbons (Fsp3) is 0.562. The quantitative estimate of drug-likeness (QED) is 0.892. The van der Waals surface area contributed by atoms with Crippen LogP contribution in [0.2, 0.25) is 0 Å². The van der Waals surface area contributed by atoms with Gasteiger partial charge in [0.1, 0.15) is 11.3 Å². The van der Waals surface area contributed by atoms with Crippen molar-refractivity contribution >= 4 is 5.91 Å². The van der Waals surface area contributed by atoms with E-state index in [1.807, 2.05) is 17.8 Å². The van der Waals surface area contributed by atoms with E-state index in [2.05, 4.69) is 27.5 Å². The predicted octanol–water partition coefficient (Wildman–Crippen LogP) is 0.827. The highest BCUT2D eigenvalue weighted by Gasteiger charge is 2.34. The SMILES string of the molecule is Cc1noc(C)c1C(=O)NC[C@@H]1OCCN(C)[C@H]1c1ccnn1C. The van der Waals surface area contributed by atoms with Gasteiger partial charge in [0.05, 0.1) is 30.1 Å². The molecule has 1 N–H and O–H groups in total. The van der Waals surface area contributed by atoms with Crippen molar-refractivity contribution < 1.29 is 14.1 Å². The predicted molar refractivity (Wildman–Crippen MR) is 86.6 cm³/mol. The molecule has 2 atom stereocenters. The molecule has 8 heteroatoms. The van der Waals surface area contributed by atoms with Crippen molar-refractivity contribution in [3.8, 4) is 0 Å². The molecule has 3 rings (SSSR count). The normalized spacial score (nSPS) is 21.8. The Morgan fingerprint density at radius 3 is 2.83 bits per heavy atom. The van der Waals surface area contributed by atoms with Crippen LogP contribution in [-0.2, 0) is 11.8 Å². The maximum absolute atomic E-state index is 12.4. The molecule has 0 aliphatic carbocycles. The van der Waals surface area contributed by atoms with Crippen molar-refractivity contribution in [1.82, 2.24) is 25.2 Å². The molecular weight excluding hydrogens is 310 g/mol. The van der Waals surface area contributed by atoms with Gasteiger partial charge >= 0.3 is 0 Å². The van der Waals surface area contributed by atoms with Crippen molar-refractivity contribution in [1.29, 1.82) is 0 Å². The fourth-order valence-electron chi connectivity index (χ4n) is 3.21. The van der Waals surface area contributed by atoms with Gasteiger partial charge in [-0.3, -0.25) is 14.4 Å². The lowest BCUT2D eigenvalue weighted by Crippen LogP contribution is -2.49.